The number of rotatable bonds is 48. The highest BCUT2D eigenvalue weighted by Gasteiger charge is 2.19. The second kappa shape index (κ2) is 51.7. The van der Waals surface area contributed by atoms with Crippen LogP contribution in [0, 0.1) is 0 Å². The maximum atomic E-state index is 12.8. The van der Waals surface area contributed by atoms with E-state index < -0.39 is 6.10 Å². The number of carbonyl (C=O) groups excluding carboxylic acids is 3. The van der Waals surface area contributed by atoms with Crippen LogP contribution >= 0.6 is 0 Å². The number of hydrogen-bond acceptors (Lipinski definition) is 6. The van der Waals surface area contributed by atoms with Crippen molar-refractivity contribution in [3.05, 3.63) is 60.8 Å². The third kappa shape index (κ3) is 50.0. The Hall–Kier alpha value is -2.89. The average Bonchev–Trinajstić information content (AvgIpc) is 3.28. The lowest BCUT2D eigenvalue weighted by molar-refractivity contribution is -0.167. The molecule has 0 aliphatic rings. The SMILES string of the molecule is CCC\C=C/C=C\C=C/C=C\C=C/CCCCCCCC(=O)OCC(COC(=O)CCCCCCCCCCCCCC)OC(=O)CCCCCCCCCCCCCCCCC. The van der Waals surface area contributed by atoms with Gasteiger partial charge in [-0.2, -0.15) is 0 Å². The topological polar surface area (TPSA) is 78.9 Å². The van der Waals surface area contributed by atoms with Crippen LogP contribution in [-0.2, 0) is 28.6 Å². The summed E-state index contributed by atoms with van der Waals surface area (Å²) in [7, 11) is 0. The van der Waals surface area contributed by atoms with Crippen molar-refractivity contribution in [1.29, 1.82) is 0 Å². The molecule has 0 fully saturated rings. The summed E-state index contributed by atoms with van der Waals surface area (Å²) in [6, 6.07) is 0. The highest BCUT2D eigenvalue weighted by molar-refractivity contribution is 5.71. The molecule has 0 amide bonds. The molecule has 0 aliphatic heterocycles. The Bertz CT molecular complexity index is 1150. The van der Waals surface area contributed by atoms with Crippen LogP contribution in [0.15, 0.2) is 60.8 Å². The van der Waals surface area contributed by atoms with Gasteiger partial charge in [-0.15, -0.1) is 0 Å². The third-order valence-electron chi connectivity index (χ3n) is 11.6. The van der Waals surface area contributed by atoms with Crippen LogP contribution in [0.1, 0.15) is 265 Å². The number of ether oxygens (including phenoxy) is 3. The van der Waals surface area contributed by atoms with Crippen molar-refractivity contribution >= 4 is 17.9 Å². The summed E-state index contributed by atoms with van der Waals surface area (Å²) in [5, 5.41) is 0. The van der Waals surface area contributed by atoms with E-state index in [1.165, 1.54) is 141 Å². The molecule has 0 heterocycles. The molecule has 0 aliphatic carbocycles. The van der Waals surface area contributed by atoms with Crippen molar-refractivity contribution in [3.8, 4) is 0 Å². The van der Waals surface area contributed by atoms with Gasteiger partial charge in [0.25, 0.3) is 0 Å². The van der Waals surface area contributed by atoms with Gasteiger partial charge < -0.3 is 14.2 Å². The fraction of sp³-hybridized carbons (Fsp3) is 0.772. The first-order valence-electron chi connectivity index (χ1n) is 26.9. The minimum atomic E-state index is -0.780. The molecule has 0 spiro atoms. The van der Waals surface area contributed by atoms with E-state index in [1.807, 2.05) is 24.3 Å². The Balaban J connectivity index is 4.40. The fourth-order valence-electron chi connectivity index (χ4n) is 7.59. The van der Waals surface area contributed by atoms with Crippen LogP contribution in [0.5, 0.6) is 0 Å². The van der Waals surface area contributed by atoms with E-state index in [9.17, 15) is 14.4 Å². The lowest BCUT2D eigenvalue weighted by Crippen LogP contribution is -2.30. The van der Waals surface area contributed by atoms with Crippen molar-refractivity contribution < 1.29 is 28.6 Å². The molecule has 0 aromatic carbocycles. The van der Waals surface area contributed by atoms with Gasteiger partial charge >= 0.3 is 17.9 Å². The highest BCUT2D eigenvalue weighted by Crippen LogP contribution is 2.16. The smallest absolute Gasteiger partial charge is 0.306 e. The molecule has 0 N–H and O–H groups in total. The monoisotopic (exact) mass is 881 g/mol. The first-order chi connectivity index (χ1) is 31.0. The molecule has 364 valence electrons. The lowest BCUT2D eigenvalue weighted by atomic mass is 10.0. The molecule has 0 aromatic rings. The van der Waals surface area contributed by atoms with E-state index >= 15 is 0 Å². The molecule has 0 rings (SSSR count). The second-order valence-corrected chi connectivity index (χ2v) is 17.9. The zero-order chi connectivity index (χ0) is 45.8. The third-order valence-corrected chi connectivity index (χ3v) is 11.6. The van der Waals surface area contributed by atoms with Crippen molar-refractivity contribution in [2.75, 3.05) is 13.2 Å². The van der Waals surface area contributed by atoms with E-state index in [0.717, 1.165) is 83.5 Å². The molecule has 63 heavy (non-hydrogen) atoms. The predicted molar refractivity (Wildman–Crippen MR) is 270 cm³/mol. The van der Waals surface area contributed by atoms with Crippen LogP contribution in [0.25, 0.3) is 0 Å². The zero-order valence-electron chi connectivity index (χ0n) is 41.6. The Labute approximate surface area is 390 Å². The number of unbranched alkanes of at least 4 members (excludes halogenated alkanes) is 31. The quantitative estimate of drug-likeness (QED) is 0.0262. The number of allylic oxidation sites excluding steroid dienone is 10. The van der Waals surface area contributed by atoms with Gasteiger partial charge in [0.15, 0.2) is 6.10 Å². The molecule has 0 radical (unpaired) electrons. The Morgan fingerprint density at radius 1 is 0.317 bits per heavy atom. The van der Waals surface area contributed by atoms with Crippen LogP contribution in [0.2, 0.25) is 0 Å². The standard InChI is InChI=1S/C57H100O6/c1-4-7-10-13-16-19-22-25-27-28-29-31-32-35-38-41-44-47-50-56(59)62-53-54(52-61-55(58)49-46-43-40-37-34-24-21-18-15-12-9-6-3)63-57(60)51-48-45-42-39-36-33-30-26-23-20-17-14-11-8-5-2/h10,13,16,19,22,25,27-29,31,54H,4-9,11-12,14-15,17-18,20-21,23-24,26,30,32-53H2,1-3H3/b13-10-,19-16-,25-22-,28-27-,31-29-. The Morgan fingerprint density at radius 3 is 0.952 bits per heavy atom. The summed E-state index contributed by atoms with van der Waals surface area (Å²) in [5.74, 6) is -0.895. The van der Waals surface area contributed by atoms with Gasteiger partial charge in [-0.25, -0.2) is 0 Å². The maximum Gasteiger partial charge on any atom is 0.306 e. The summed E-state index contributed by atoms with van der Waals surface area (Å²) in [5.41, 5.74) is 0. The lowest BCUT2D eigenvalue weighted by Gasteiger charge is -2.18. The van der Waals surface area contributed by atoms with Crippen LogP contribution in [0.4, 0.5) is 0 Å². The van der Waals surface area contributed by atoms with Crippen LogP contribution < -0.4 is 0 Å². The summed E-state index contributed by atoms with van der Waals surface area (Å²) in [4.78, 5) is 38.0. The minimum Gasteiger partial charge on any atom is -0.462 e. The number of carbonyl (C=O) groups is 3. The van der Waals surface area contributed by atoms with Gasteiger partial charge in [-0.1, -0.05) is 268 Å². The van der Waals surface area contributed by atoms with Gasteiger partial charge in [0, 0.05) is 19.3 Å². The first kappa shape index (κ1) is 60.1. The van der Waals surface area contributed by atoms with Gasteiger partial charge in [-0.05, 0) is 38.5 Å². The number of esters is 3. The van der Waals surface area contributed by atoms with Gasteiger partial charge in [0.1, 0.15) is 13.2 Å². The molecule has 1 atom stereocenters. The van der Waals surface area contributed by atoms with E-state index in [4.69, 9.17) is 14.2 Å². The zero-order valence-corrected chi connectivity index (χ0v) is 41.6. The van der Waals surface area contributed by atoms with E-state index in [1.54, 1.807) is 0 Å². The molecule has 0 saturated heterocycles. The molecular weight excluding hydrogens is 781 g/mol. The molecule has 1 unspecified atom stereocenters. The van der Waals surface area contributed by atoms with Crippen LogP contribution in [0.3, 0.4) is 0 Å². The maximum absolute atomic E-state index is 12.8. The highest BCUT2D eigenvalue weighted by atomic mass is 16.6. The average molecular weight is 881 g/mol. The van der Waals surface area contributed by atoms with Crippen molar-refractivity contribution in [1.82, 2.24) is 0 Å². The summed E-state index contributed by atoms with van der Waals surface area (Å²) >= 11 is 0. The fourth-order valence-corrected chi connectivity index (χ4v) is 7.59. The van der Waals surface area contributed by atoms with Gasteiger partial charge in [-0.3, -0.25) is 14.4 Å². The molecule has 0 saturated carbocycles. The largest absolute Gasteiger partial charge is 0.462 e. The molecule has 6 heteroatoms. The Kier molecular flexibility index (Phi) is 49.4. The van der Waals surface area contributed by atoms with E-state index in [0.29, 0.717) is 19.3 Å². The molecule has 0 aromatic heterocycles. The van der Waals surface area contributed by atoms with Gasteiger partial charge in [0.2, 0.25) is 0 Å². The number of hydrogen-bond donors (Lipinski definition) is 0. The normalized spacial score (nSPS) is 12.5. The van der Waals surface area contributed by atoms with Crippen molar-refractivity contribution in [3.63, 3.8) is 0 Å². The van der Waals surface area contributed by atoms with E-state index in [2.05, 4.69) is 57.2 Å². The predicted octanol–water partition coefficient (Wildman–Crippen LogP) is 17.6. The van der Waals surface area contributed by atoms with Crippen molar-refractivity contribution in [2.24, 2.45) is 0 Å². The second-order valence-electron chi connectivity index (χ2n) is 17.9. The van der Waals surface area contributed by atoms with E-state index in [-0.39, 0.29) is 31.1 Å². The first-order valence-corrected chi connectivity index (χ1v) is 26.9. The van der Waals surface area contributed by atoms with Gasteiger partial charge in [0.05, 0.1) is 0 Å². The summed E-state index contributed by atoms with van der Waals surface area (Å²) in [6.45, 7) is 6.55. The minimum absolute atomic E-state index is 0.0791. The summed E-state index contributed by atoms with van der Waals surface area (Å²) < 4.78 is 16.8. The Morgan fingerprint density at radius 2 is 0.603 bits per heavy atom. The summed E-state index contributed by atoms with van der Waals surface area (Å²) in [6.07, 6.45) is 63.4. The van der Waals surface area contributed by atoms with Crippen LogP contribution in [-0.4, -0.2) is 37.2 Å². The molecular formula is C57H100O6. The molecule has 0 bridgehead atoms. The van der Waals surface area contributed by atoms with Crippen molar-refractivity contribution in [2.45, 2.75) is 271 Å². The molecule has 6 nitrogen and oxygen atoms in total.